The first kappa shape index (κ1) is 41.5. The lowest BCUT2D eigenvalue weighted by molar-refractivity contribution is -0.152. The number of imidazole rings is 1. The Kier molecular flexibility index (Phi) is 15.7. The van der Waals surface area contributed by atoms with E-state index in [0.717, 1.165) is 56.2 Å². The second-order valence-corrected chi connectivity index (χ2v) is 15.0. The Balaban J connectivity index is 1.38. The van der Waals surface area contributed by atoms with Gasteiger partial charge in [0.2, 0.25) is 5.91 Å². The van der Waals surface area contributed by atoms with Crippen LogP contribution in [0.4, 0.5) is 4.79 Å². The molecule has 14 heteroatoms. The van der Waals surface area contributed by atoms with Gasteiger partial charge in [-0.3, -0.25) is 24.3 Å². The number of aliphatic hydroxyl groups excluding tert-OH is 2. The predicted octanol–water partition coefficient (Wildman–Crippen LogP) is 3.32. The number of carbonyl (C=O) groups excluding carboxylic acids is 4. The molecule has 0 radical (unpaired) electrons. The number of imide groups is 1. The third-order valence-electron chi connectivity index (χ3n) is 11.1. The van der Waals surface area contributed by atoms with Gasteiger partial charge < -0.3 is 35.9 Å². The van der Waals surface area contributed by atoms with Gasteiger partial charge in [0.05, 0.1) is 18.5 Å². The highest BCUT2D eigenvalue weighted by atomic mass is 16.6. The minimum Gasteiger partial charge on any atom is -0.436 e. The van der Waals surface area contributed by atoms with Gasteiger partial charge in [0.25, 0.3) is 11.8 Å². The van der Waals surface area contributed by atoms with Gasteiger partial charge in [0.1, 0.15) is 6.04 Å². The van der Waals surface area contributed by atoms with Crippen molar-refractivity contribution < 1.29 is 34.1 Å². The standard InChI is InChI=1S/C41H57N7O7/c1-28(49)48(35(31-12-6-3-7-13-31)24-37(51)36(50)16-15-32-14-8-9-19-44-32)40(53)34(23-33-26-43-27-45-33)46-39(52)38(22-29-10-4-2-5-11-29)55-41(54)47-20-17-30(25-42)18-21-47/h2,4-5,8-11,14,19,26-27,30-31,34-38,50-51H,3,6-7,12-13,15-18,20-25,42H2,1H3,(H,43,45)(H,46,52)/t34-,35?,36-,37+,38-/m0/s1. The van der Waals surface area contributed by atoms with Crippen molar-refractivity contribution >= 4 is 23.8 Å². The summed E-state index contributed by atoms with van der Waals surface area (Å²) in [4.78, 5) is 70.2. The molecule has 2 aliphatic rings. The molecule has 3 aromatic rings. The molecule has 1 aromatic carbocycles. The van der Waals surface area contributed by atoms with Gasteiger partial charge >= 0.3 is 6.09 Å². The summed E-state index contributed by atoms with van der Waals surface area (Å²) in [6.07, 6.45) is 6.92. The SMILES string of the molecule is CC(=O)N(C(=O)[C@H](Cc1cnc[nH]1)NC(=O)[C@H](Cc1ccccc1)OC(=O)N1CCC(CN)CC1)C(C[C@@H](O)[C@@H](O)CCc1ccccn1)C1CCCCC1. The van der Waals surface area contributed by atoms with Crippen LogP contribution in [-0.4, -0.2) is 109 Å². The molecular formula is C41H57N7O7. The molecule has 14 nitrogen and oxygen atoms in total. The molecule has 55 heavy (non-hydrogen) atoms. The molecule has 1 unspecified atom stereocenters. The monoisotopic (exact) mass is 759 g/mol. The quantitative estimate of drug-likeness (QED) is 0.136. The average Bonchev–Trinajstić information content (AvgIpc) is 3.73. The van der Waals surface area contributed by atoms with Crippen molar-refractivity contribution in [3.63, 3.8) is 0 Å². The first-order valence-electron chi connectivity index (χ1n) is 19.7. The van der Waals surface area contributed by atoms with Crippen molar-refractivity contribution in [3.8, 4) is 0 Å². The number of aromatic nitrogens is 3. The number of hydrogen-bond acceptors (Lipinski definition) is 10. The number of nitrogens with one attached hydrogen (secondary N) is 2. The number of amides is 4. The van der Waals surface area contributed by atoms with Crippen molar-refractivity contribution in [3.05, 3.63) is 84.2 Å². The maximum atomic E-state index is 14.8. The maximum absolute atomic E-state index is 14.8. The number of pyridine rings is 1. The zero-order valence-electron chi connectivity index (χ0n) is 31.8. The van der Waals surface area contributed by atoms with Gasteiger partial charge in [0.15, 0.2) is 6.10 Å². The molecular weight excluding hydrogens is 702 g/mol. The Labute approximate surface area is 323 Å². The highest BCUT2D eigenvalue weighted by Crippen LogP contribution is 2.33. The Hall–Kier alpha value is -4.66. The molecule has 0 bridgehead atoms. The minimum absolute atomic E-state index is 0.0282. The van der Waals surface area contributed by atoms with E-state index in [1.165, 1.54) is 24.3 Å². The molecule has 5 atom stereocenters. The van der Waals surface area contributed by atoms with Crippen LogP contribution in [0.3, 0.4) is 0 Å². The number of hydrogen-bond donors (Lipinski definition) is 5. The maximum Gasteiger partial charge on any atom is 0.410 e. The van der Waals surface area contributed by atoms with Crippen LogP contribution < -0.4 is 11.1 Å². The normalized spacial score (nSPS) is 18.1. The zero-order chi connectivity index (χ0) is 39.2. The molecule has 2 fully saturated rings. The van der Waals surface area contributed by atoms with Crippen molar-refractivity contribution in [1.82, 2.24) is 30.1 Å². The fourth-order valence-corrected chi connectivity index (χ4v) is 7.83. The van der Waals surface area contributed by atoms with Gasteiger partial charge in [0, 0.05) is 62.7 Å². The molecule has 6 N–H and O–H groups in total. The summed E-state index contributed by atoms with van der Waals surface area (Å²) in [5.74, 6) is -1.67. The summed E-state index contributed by atoms with van der Waals surface area (Å²) in [6, 6.07) is 12.7. The summed E-state index contributed by atoms with van der Waals surface area (Å²) in [5, 5.41) is 25.3. The van der Waals surface area contributed by atoms with Crippen molar-refractivity contribution in [2.24, 2.45) is 17.6 Å². The fraction of sp³-hybridized carbons (Fsp3) is 0.561. The second kappa shape index (κ2) is 20.9. The van der Waals surface area contributed by atoms with E-state index in [-0.39, 0.29) is 31.6 Å². The molecule has 2 aromatic heterocycles. The number of aliphatic hydroxyl groups is 2. The first-order chi connectivity index (χ1) is 26.6. The van der Waals surface area contributed by atoms with E-state index in [4.69, 9.17) is 10.5 Å². The molecule has 298 valence electrons. The number of piperidine rings is 1. The van der Waals surface area contributed by atoms with E-state index in [2.05, 4.69) is 20.3 Å². The molecule has 5 rings (SSSR count). The van der Waals surface area contributed by atoms with Crippen LogP contribution in [0, 0.1) is 11.8 Å². The molecule has 1 saturated heterocycles. The van der Waals surface area contributed by atoms with Crippen molar-refractivity contribution in [1.29, 1.82) is 0 Å². The molecule has 3 heterocycles. The number of H-pyrrole nitrogens is 1. The van der Waals surface area contributed by atoms with Crippen LogP contribution in [0.5, 0.6) is 0 Å². The predicted molar refractivity (Wildman–Crippen MR) is 205 cm³/mol. The number of nitrogens with two attached hydrogens (primary N) is 1. The van der Waals surface area contributed by atoms with Crippen LogP contribution in [0.25, 0.3) is 0 Å². The number of aromatic amines is 1. The highest BCUT2D eigenvalue weighted by Gasteiger charge is 2.41. The van der Waals surface area contributed by atoms with Crippen molar-refractivity contribution in [2.45, 2.75) is 114 Å². The molecule has 1 saturated carbocycles. The average molecular weight is 760 g/mol. The highest BCUT2D eigenvalue weighted by molar-refractivity contribution is 5.99. The molecule has 4 amide bonds. The van der Waals surface area contributed by atoms with E-state index in [0.29, 0.717) is 37.7 Å². The number of rotatable bonds is 17. The van der Waals surface area contributed by atoms with E-state index in [1.54, 1.807) is 11.1 Å². The smallest absolute Gasteiger partial charge is 0.410 e. The number of benzene rings is 1. The number of ether oxygens (including phenoxy) is 1. The molecule has 1 aliphatic heterocycles. The minimum atomic E-state index is -1.28. The lowest BCUT2D eigenvalue weighted by atomic mass is 9.80. The zero-order valence-corrected chi connectivity index (χ0v) is 31.8. The third kappa shape index (κ3) is 12.2. The molecule has 1 aliphatic carbocycles. The van der Waals surface area contributed by atoms with E-state index in [9.17, 15) is 29.4 Å². The third-order valence-corrected chi connectivity index (χ3v) is 11.1. The van der Waals surface area contributed by atoms with E-state index in [1.807, 2.05) is 48.5 Å². The fourth-order valence-electron chi connectivity index (χ4n) is 7.83. The summed E-state index contributed by atoms with van der Waals surface area (Å²) in [5.41, 5.74) is 7.93. The first-order valence-corrected chi connectivity index (χ1v) is 19.7. The Morgan fingerprint density at radius 3 is 2.35 bits per heavy atom. The summed E-state index contributed by atoms with van der Waals surface area (Å²) in [7, 11) is 0. The Morgan fingerprint density at radius 1 is 0.982 bits per heavy atom. The van der Waals surface area contributed by atoms with Crippen LogP contribution >= 0.6 is 0 Å². The van der Waals surface area contributed by atoms with Gasteiger partial charge in [-0.1, -0.05) is 55.7 Å². The Bertz CT molecular complexity index is 1630. The van der Waals surface area contributed by atoms with Crippen LogP contribution in [0.1, 0.15) is 81.7 Å². The van der Waals surface area contributed by atoms with Gasteiger partial charge in [-0.25, -0.2) is 9.78 Å². The van der Waals surface area contributed by atoms with Gasteiger partial charge in [-0.2, -0.15) is 0 Å². The number of nitrogens with zero attached hydrogens (tertiary/aromatic N) is 4. The van der Waals surface area contributed by atoms with E-state index < -0.39 is 54.2 Å². The van der Waals surface area contributed by atoms with Gasteiger partial charge in [-0.05, 0) is 81.0 Å². The van der Waals surface area contributed by atoms with Crippen molar-refractivity contribution in [2.75, 3.05) is 19.6 Å². The summed E-state index contributed by atoms with van der Waals surface area (Å²) < 4.78 is 5.89. The lowest BCUT2D eigenvalue weighted by Gasteiger charge is -2.40. The molecule has 0 spiro atoms. The number of aryl methyl sites for hydroxylation is 1. The van der Waals surface area contributed by atoms with Crippen LogP contribution in [-0.2, 0) is 38.4 Å². The largest absolute Gasteiger partial charge is 0.436 e. The van der Waals surface area contributed by atoms with E-state index >= 15 is 0 Å². The Morgan fingerprint density at radius 2 is 1.71 bits per heavy atom. The number of carbonyl (C=O) groups is 4. The topological polar surface area (TPSA) is 204 Å². The van der Waals surface area contributed by atoms with Crippen LogP contribution in [0.15, 0.2) is 67.3 Å². The summed E-state index contributed by atoms with van der Waals surface area (Å²) >= 11 is 0. The van der Waals surface area contributed by atoms with Gasteiger partial charge in [-0.15, -0.1) is 0 Å². The summed E-state index contributed by atoms with van der Waals surface area (Å²) in [6.45, 7) is 2.76. The van der Waals surface area contributed by atoms with Crippen LogP contribution in [0.2, 0.25) is 0 Å². The lowest BCUT2D eigenvalue weighted by Crippen LogP contribution is -2.58. The second-order valence-electron chi connectivity index (χ2n) is 15.0. The number of likely N-dealkylation sites (tertiary alicyclic amines) is 1.